The zero-order valence-electron chi connectivity index (χ0n) is 17.8. The molecule has 176 valence electrons. The SMILES string of the molecule is CS(=O)(=O)c1ccc(-c2ccn3c(-c4cccc(NC(=O)NCC(F)(F)F)c4)cnc3c2)cc1. The average Bonchev–Trinajstić information content (AvgIpc) is 3.20. The number of fused-ring (bicyclic) bond motifs is 1. The standard InChI is InChI=1S/C23H19F3N4O3S/c1-34(32,33)19-7-5-15(6-8-19)16-9-10-30-20(13-27-21(30)12-16)17-3-2-4-18(11-17)29-22(31)28-14-23(24,25)26/h2-13H,14H2,1H3,(H2,28,29,31). The predicted molar refractivity (Wildman–Crippen MR) is 122 cm³/mol. The lowest BCUT2D eigenvalue weighted by Gasteiger charge is -2.11. The van der Waals surface area contributed by atoms with Crippen LogP contribution in [0.15, 0.2) is 78.0 Å². The van der Waals surface area contributed by atoms with Gasteiger partial charge in [0.2, 0.25) is 0 Å². The molecule has 4 rings (SSSR count). The Bertz CT molecular complexity index is 1460. The summed E-state index contributed by atoms with van der Waals surface area (Å²) < 4.78 is 62.0. The summed E-state index contributed by atoms with van der Waals surface area (Å²) in [4.78, 5) is 16.4. The van der Waals surface area contributed by atoms with Crippen molar-refractivity contribution >= 4 is 27.2 Å². The number of hydrogen-bond donors (Lipinski definition) is 2. The average molecular weight is 488 g/mol. The highest BCUT2D eigenvalue weighted by atomic mass is 32.2. The molecular weight excluding hydrogens is 469 g/mol. The maximum Gasteiger partial charge on any atom is 0.405 e. The van der Waals surface area contributed by atoms with E-state index in [1.54, 1.807) is 60.0 Å². The van der Waals surface area contributed by atoms with Crippen molar-refractivity contribution in [3.05, 3.63) is 73.1 Å². The first-order valence-electron chi connectivity index (χ1n) is 9.99. The first kappa shape index (κ1) is 23.3. The minimum Gasteiger partial charge on any atom is -0.329 e. The van der Waals surface area contributed by atoms with E-state index >= 15 is 0 Å². The van der Waals surface area contributed by atoms with Gasteiger partial charge < -0.3 is 10.6 Å². The molecule has 0 fully saturated rings. The first-order valence-corrected chi connectivity index (χ1v) is 11.9. The lowest BCUT2D eigenvalue weighted by atomic mass is 10.1. The van der Waals surface area contributed by atoms with Crippen molar-refractivity contribution in [1.82, 2.24) is 14.7 Å². The van der Waals surface area contributed by atoms with Crippen molar-refractivity contribution in [1.29, 1.82) is 0 Å². The summed E-state index contributed by atoms with van der Waals surface area (Å²) in [6.07, 6.45) is 0.117. The molecule has 0 spiro atoms. The van der Waals surface area contributed by atoms with Gasteiger partial charge in [-0.3, -0.25) is 4.40 Å². The quantitative estimate of drug-likeness (QED) is 0.424. The number of sulfone groups is 1. The zero-order valence-corrected chi connectivity index (χ0v) is 18.6. The lowest BCUT2D eigenvalue weighted by Crippen LogP contribution is -2.36. The number of anilines is 1. The molecule has 0 saturated carbocycles. The number of pyridine rings is 1. The second kappa shape index (κ2) is 8.82. The number of nitrogens with one attached hydrogen (secondary N) is 2. The summed E-state index contributed by atoms with van der Waals surface area (Å²) in [7, 11) is -3.28. The Balaban J connectivity index is 1.57. The summed E-state index contributed by atoms with van der Waals surface area (Å²) in [6, 6.07) is 16.0. The van der Waals surface area contributed by atoms with Gasteiger partial charge in [0.1, 0.15) is 12.2 Å². The lowest BCUT2D eigenvalue weighted by molar-refractivity contribution is -0.122. The van der Waals surface area contributed by atoms with Gasteiger partial charge in [0.15, 0.2) is 9.84 Å². The number of carbonyl (C=O) groups excluding carboxylic acids is 1. The molecule has 34 heavy (non-hydrogen) atoms. The minimum absolute atomic E-state index is 0.237. The topological polar surface area (TPSA) is 92.6 Å². The van der Waals surface area contributed by atoms with Crippen LogP contribution in [-0.4, -0.2) is 42.8 Å². The van der Waals surface area contributed by atoms with E-state index in [1.807, 2.05) is 22.7 Å². The van der Waals surface area contributed by atoms with Crippen LogP contribution in [0.1, 0.15) is 0 Å². The molecule has 0 aliphatic heterocycles. The molecular formula is C23H19F3N4O3S. The predicted octanol–water partition coefficient (Wildman–Crippen LogP) is 4.76. The normalized spacial score (nSPS) is 12.0. The molecule has 0 saturated heterocycles. The number of aromatic nitrogens is 2. The Morgan fingerprint density at radius 2 is 1.74 bits per heavy atom. The van der Waals surface area contributed by atoms with Crippen molar-refractivity contribution in [2.75, 3.05) is 18.1 Å². The van der Waals surface area contributed by atoms with Gasteiger partial charge in [-0.2, -0.15) is 13.2 Å². The van der Waals surface area contributed by atoms with E-state index in [0.717, 1.165) is 17.4 Å². The summed E-state index contributed by atoms with van der Waals surface area (Å²) >= 11 is 0. The van der Waals surface area contributed by atoms with Gasteiger partial charge in [-0.1, -0.05) is 24.3 Å². The molecule has 4 aromatic rings. The highest BCUT2D eigenvalue weighted by Gasteiger charge is 2.27. The van der Waals surface area contributed by atoms with Crippen molar-refractivity contribution < 1.29 is 26.4 Å². The molecule has 2 N–H and O–H groups in total. The van der Waals surface area contributed by atoms with Gasteiger partial charge in [-0.25, -0.2) is 18.2 Å². The van der Waals surface area contributed by atoms with Crippen LogP contribution in [0.4, 0.5) is 23.7 Å². The fraction of sp³-hybridized carbons (Fsp3) is 0.130. The molecule has 2 aromatic heterocycles. The molecule has 2 aromatic carbocycles. The zero-order chi connectivity index (χ0) is 24.5. The number of alkyl halides is 3. The number of rotatable bonds is 5. The van der Waals surface area contributed by atoms with Crippen molar-refractivity contribution in [2.24, 2.45) is 0 Å². The van der Waals surface area contributed by atoms with Crippen LogP contribution in [0.2, 0.25) is 0 Å². The Morgan fingerprint density at radius 3 is 2.41 bits per heavy atom. The van der Waals surface area contributed by atoms with E-state index in [9.17, 15) is 26.4 Å². The van der Waals surface area contributed by atoms with Gasteiger partial charge in [0.05, 0.1) is 16.8 Å². The summed E-state index contributed by atoms with van der Waals surface area (Å²) in [5.74, 6) is 0. The van der Waals surface area contributed by atoms with Crippen molar-refractivity contribution in [3.8, 4) is 22.4 Å². The molecule has 0 radical (unpaired) electrons. The van der Waals surface area contributed by atoms with Crippen LogP contribution in [-0.2, 0) is 9.84 Å². The third kappa shape index (κ3) is 5.37. The van der Waals surface area contributed by atoms with Gasteiger partial charge >= 0.3 is 12.2 Å². The van der Waals surface area contributed by atoms with Gasteiger partial charge in [-0.15, -0.1) is 0 Å². The van der Waals surface area contributed by atoms with E-state index in [2.05, 4.69) is 10.3 Å². The van der Waals surface area contributed by atoms with Crippen LogP contribution in [0.5, 0.6) is 0 Å². The number of carbonyl (C=O) groups is 1. The summed E-state index contributed by atoms with van der Waals surface area (Å²) in [5, 5.41) is 4.15. The van der Waals surface area contributed by atoms with Crippen LogP contribution in [0, 0.1) is 0 Å². The van der Waals surface area contributed by atoms with Crippen LogP contribution < -0.4 is 10.6 Å². The fourth-order valence-electron chi connectivity index (χ4n) is 3.38. The molecule has 0 bridgehead atoms. The van der Waals surface area contributed by atoms with E-state index in [4.69, 9.17) is 0 Å². The molecule has 0 unspecified atom stereocenters. The smallest absolute Gasteiger partial charge is 0.329 e. The van der Waals surface area contributed by atoms with Crippen LogP contribution >= 0.6 is 0 Å². The summed E-state index contributed by atoms with van der Waals surface area (Å²) in [6.45, 7) is -1.43. The second-order valence-corrected chi connectivity index (χ2v) is 9.60. The van der Waals surface area contributed by atoms with Gasteiger partial charge in [0, 0.05) is 23.7 Å². The van der Waals surface area contributed by atoms with Crippen molar-refractivity contribution in [2.45, 2.75) is 11.1 Å². The van der Waals surface area contributed by atoms with E-state index < -0.39 is 28.6 Å². The highest BCUT2D eigenvalue weighted by molar-refractivity contribution is 7.90. The molecule has 0 aliphatic rings. The number of halogens is 3. The monoisotopic (exact) mass is 488 g/mol. The molecule has 7 nitrogen and oxygen atoms in total. The van der Waals surface area contributed by atoms with E-state index in [1.165, 1.54) is 0 Å². The fourth-order valence-corrected chi connectivity index (χ4v) is 4.01. The second-order valence-electron chi connectivity index (χ2n) is 7.59. The molecule has 0 aliphatic carbocycles. The summed E-state index contributed by atoms with van der Waals surface area (Å²) in [5.41, 5.74) is 4.06. The van der Waals surface area contributed by atoms with E-state index in [-0.39, 0.29) is 4.90 Å². The third-order valence-electron chi connectivity index (χ3n) is 4.99. The molecule has 2 amide bonds. The Labute approximate surface area is 193 Å². The Hall–Kier alpha value is -3.86. The van der Waals surface area contributed by atoms with E-state index in [0.29, 0.717) is 22.6 Å². The largest absolute Gasteiger partial charge is 0.405 e. The van der Waals surface area contributed by atoms with Crippen LogP contribution in [0.25, 0.3) is 28.0 Å². The molecule has 2 heterocycles. The van der Waals surface area contributed by atoms with Gasteiger partial charge in [-0.05, 0) is 47.5 Å². The number of amides is 2. The number of imidazole rings is 1. The maximum absolute atomic E-state index is 12.3. The Morgan fingerprint density at radius 1 is 1.00 bits per heavy atom. The Kier molecular flexibility index (Phi) is 6.05. The third-order valence-corrected chi connectivity index (χ3v) is 6.12. The molecule has 11 heteroatoms. The van der Waals surface area contributed by atoms with Crippen LogP contribution in [0.3, 0.4) is 0 Å². The number of nitrogens with zero attached hydrogens (tertiary/aromatic N) is 2. The minimum atomic E-state index is -4.50. The molecule has 0 atom stereocenters. The number of benzene rings is 2. The highest BCUT2D eigenvalue weighted by Crippen LogP contribution is 2.27. The maximum atomic E-state index is 12.3. The van der Waals surface area contributed by atoms with Gasteiger partial charge in [0.25, 0.3) is 0 Å². The van der Waals surface area contributed by atoms with Crippen molar-refractivity contribution in [3.63, 3.8) is 0 Å². The first-order chi connectivity index (χ1) is 16.0. The number of hydrogen-bond acceptors (Lipinski definition) is 4. The number of urea groups is 1.